The molecule has 3 rings (SSSR count). The molecule has 0 atom stereocenters. The van der Waals surface area contributed by atoms with E-state index >= 15 is 0 Å². The summed E-state index contributed by atoms with van der Waals surface area (Å²) in [7, 11) is 3.59. The lowest BCUT2D eigenvalue weighted by molar-refractivity contribution is -0.0601. The zero-order chi connectivity index (χ0) is 15.7. The van der Waals surface area contributed by atoms with Gasteiger partial charge in [-0.3, -0.25) is 0 Å². The van der Waals surface area contributed by atoms with Crippen molar-refractivity contribution in [3.05, 3.63) is 48.0 Å². The van der Waals surface area contributed by atoms with Crippen molar-refractivity contribution in [2.75, 3.05) is 0 Å². The second-order valence-electron chi connectivity index (χ2n) is 5.53. The Hall–Kier alpha value is -2.50. The molecule has 2 aromatic heterocycles. The van der Waals surface area contributed by atoms with Crippen LogP contribution in [0.1, 0.15) is 33.8 Å². The third-order valence-electron chi connectivity index (χ3n) is 3.90. The molecule has 0 saturated heterocycles. The van der Waals surface area contributed by atoms with Crippen LogP contribution in [-0.2, 0) is 23.6 Å². The molecular formula is C16H18N2O4. The van der Waals surface area contributed by atoms with Crippen LogP contribution in [0.5, 0.6) is 0 Å². The van der Waals surface area contributed by atoms with E-state index in [0.717, 1.165) is 0 Å². The van der Waals surface area contributed by atoms with Gasteiger partial charge in [-0.25, -0.2) is 9.59 Å². The quantitative estimate of drug-likeness (QED) is 0.809. The number of hydrogen-bond donors (Lipinski definition) is 0. The molecule has 0 amide bonds. The Bertz CT molecular complexity index is 636. The Balaban J connectivity index is 1.47. The maximum absolute atomic E-state index is 11.9. The number of aromatic nitrogens is 2. The van der Waals surface area contributed by atoms with Crippen LogP contribution in [0.25, 0.3) is 0 Å². The summed E-state index contributed by atoms with van der Waals surface area (Å²) in [4.78, 5) is 23.9. The van der Waals surface area contributed by atoms with Crippen LogP contribution in [0.2, 0.25) is 0 Å². The molecule has 0 N–H and O–H groups in total. The van der Waals surface area contributed by atoms with Gasteiger partial charge in [-0.15, -0.1) is 0 Å². The highest BCUT2D eigenvalue weighted by atomic mass is 16.6. The molecule has 6 heteroatoms. The highest BCUT2D eigenvalue weighted by Crippen LogP contribution is 2.28. The maximum atomic E-state index is 11.9. The van der Waals surface area contributed by atoms with Crippen molar-refractivity contribution in [2.24, 2.45) is 14.1 Å². The van der Waals surface area contributed by atoms with Crippen molar-refractivity contribution in [1.29, 1.82) is 0 Å². The number of ether oxygens (including phenoxy) is 2. The van der Waals surface area contributed by atoms with Crippen molar-refractivity contribution in [3.63, 3.8) is 0 Å². The number of carbonyl (C=O) groups excluding carboxylic acids is 2. The third kappa shape index (κ3) is 2.77. The minimum absolute atomic E-state index is 0.186. The molecule has 1 fully saturated rings. The summed E-state index contributed by atoms with van der Waals surface area (Å²) >= 11 is 0. The third-order valence-corrected chi connectivity index (χ3v) is 3.90. The van der Waals surface area contributed by atoms with Gasteiger partial charge in [0.25, 0.3) is 0 Å². The van der Waals surface area contributed by atoms with Gasteiger partial charge in [0, 0.05) is 39.3 Å². The molecule has 6 nitrogen and oxygen atoms in total. The van der Waals surface area contributed by atoms with Gasteiger partial charge < -0.3 is 18.6 Å². The molecule has 1 saturated carbocycles. The molecule has 1 aliphatic carbocycles. The normalized spacial score (nSPS) is 20.3. The van der Waals surface area contributed by atoms with Crippen LogP contribution in [0.3, 0.4) is 0 Å². The summed E-state index contributed by atoms with van der Waals surface area (Å²) in [6, 6.07) is 7.02. The van der Waals surface area contributed by atoms with E-state index in [1.807, 2.05) is 0 Å². The van der Waals surface area contributed by atoms with Gasteiger partial charge in [0.1, 0.15) is 23.6 Å². The Morgan fingerprint density at radius 3 is 1.64 bits per heavy atom. The highest BCUT2D eigenvalue weighted by molar-refractivity contribution is 5.88. The van der Waals surface area contributed by atoms with Crippen LogP contribution < -0.4 is 0 Å². The van der Waals surface area contributed by atoms with Gasteiger partial charge in [-0.05, 0) is 24.3 Å². The van der Waals surface area contributed by atoms with Gasteiger partial charge >= 0.3 is 11.9 Å². The second kappa shape index (κ2) is 5.71. The molecule has 0 bridgehead atoms. The van der Waals surface area contributed by atoms with Gasteiger partial charge in [-0.1, -0.05) is 0 Å². The van der Waals surface area contributed by atoms with E-state index in [9.17, 15) is 9.59 Å². The molecule has 1 aliphatic rings. The fraction of sp³-hybridized carbons (Fsp3) is 0.375. The zero-order valence-electron chi connectivity index (χ0n) is 12.6. The lowest BCUT2D eigenvalue weighted by atomic mass is 9.92. The smallest absolute Gasteiger partial charge is 0.355 e. The van der Waals surface area contributed by atoms with Gasteiger partial charge in [0.15, 0.2) is 0 Å². The Kier molecular flexibility index (Phi) is 3.75. The zero-order valence-corrected chi connectivity index (χ0v) is 12.6. The standard InChI is InChI=1S/C16H18N2O4/c1-17-7-3-5-13(17)15(19)21-11-9-12(10-11)22-16(20)14-6-4-8-18(14)2/h3-8,11-12H,9-10H2,1-2H3. The van der Waals surface area contributed by atoms with Gasteiger partial charge in [0.2, 0.25) is 0 Å². The van der Waals surface area contributed by atoms with Crippen molar-refractivity contribution in [3.8, 4) is 0 Å². The predicted octanol–water partition coefficient (Wildman–Crippen LogP) is 1.91. The Morgan fingerprint density at radius 2 is 1.32 bits per heavy atom. The summed E-state index contributed by atoms with van der Waals surface area (Å²) in [6.07, 6.45) is 4.31. The second-order valence-corrected chi connectivity index (χ2v) is 5.53. The minimum Gasteiger partial charge on any atom is -0.457 e. The van der Waals surface area contributed by atoms with E-state index in [0.29, 0.717) is 24.2 Å². The minimum atomic E-state index is -0.343. The summed E-state index contributed by atoms with van der Waals surface area (Å²) in [5.74, 6) is -0.686. The van der Waals surface area contributed by atoms with Crippen LogP contribution >= 0.6 is 0 Å². The number of hydrogen-bond acceptors (Lipinski definition) is 4. The van der Waals surface area contributed by atoms with Crippen molar-refractivity contribution < 1.29 is 19.1 Å². The number of aryl methyl sites for hydroxylation is 2. The van der Waals surface area contributed by atoms with Crippen LogP contribution in [0.4, 0.5) is 0 Å². The molecule has 0 aromatic carbocycles. The molecule has 0 aliphatic heterocycles. The summed E-state index contributed by atoms with van der Waals surface area (Å²) in [6.45, 7) is 0. The molecule has 2 heterocycles. The van der Waals surface area contributed by atoms with E-state index < -0.39 is 0 Å². The highest BCUT2D eigenvalue weighted by Gasteiger charge is 2.36. The number of carbonyl (C=O) groups is 2. The fourth-order valence-electron chi connectivity index (χ4n) is 2.48. The summed E-state index contributed by atoms with van der Waals surface area (Å²) < 4.78 is 14.2. The number of esters is 2. The molecule has 2 aromatic rings. The fourth-order valence-corrected chi connectivity index (χ4v) is 2.48. The summed E-state index contributed by atoms with van der Waals surface area (Å²) in [5.41, 5.74) is 1.04. The van der Waals surface area contributed by atoms with E-state index in [1.54, 1.807) is 59.9 Å². The lowest BCUT2D eigenvalue weighted by Crippen LogP contribution is -2.40. The lowest BCUT2D eigenvalue weighted by Gasteiger charge is -2.33. The Labute approximate surface area is 128 Å². The molecule has 0 unspecified atom stereocenters. The average Bonchev–Trinajstić information content (AvgIpc) is 3.04. The number of rotatable bonds is 4. The maximum Gasteiger partial charge on any atom is 0.355 e. The molecule has 0 spiro atoms. The Morgan fingerprint density at radius 1 is 0.909 bits per heavy atom. The first-order valence-corrected chi connectivity index (χ1v) is 7.19. The largest absolute Gasteiger partial charge is 0.457 e. The van der Waals surface area contributed by atoms with E-state index in [1.165, 1.54) is 0 Å². The van der Waals surface area contributed by atoms with Gasteiger partial charge in [0.05, 0.1) is 0 Å². The first kappa shape index (κ1) is 14.4. The molecule has 0 radical (unpaired) electrons. The van der Waals surface area contributed by atoms with E-state index in [4.69, 9.17) is 9.47 Å². The van der Waals surface area contributed by atoms with E-state index in [2.05, 4.69) is 0 Å². The van der Waals surface area contributed by atoms with Crippen LogP contribution in [0, 0.1) is 0 Å². The molecule has 22 heavy (non-hydrogen) atoms. The molecule has 116 valence electrons. The number of nitrogens with zero attached hydrogens (tertiary/aromatic N) is 2. The molecular weight excluding hydrogens is 284 g/mol. The van der Waals surface area contributed by atoms with E-state index in [-0.39, 0.29) is 24.1 Å². The van der Waals surface area contributed by atoms with Gasteiger partial charge in [-0.2, -0.15) is 0 Å². The van der Waals surface area contributed by atoms with Crippen molar-refractivity contribution in [2.45, 2.75) is 25.0 Å². The first-order valence-electron chi connectivity index (χ1n) is 7.19. The SMILES string of the molecule is Cn1cccc1C(=O)OC1CC(OC(=O)c2cccn2C)C1. The van der Waals surface area contributed by atoms with Crippen LogP contribution in [0.15, 0.2) is 36.7 Å². The monoisotopic (exact) mass is 302 g/mol. The topological polar surface area (TPSA) is 62.5 Å². The average molecular weight is 302 g/mol. The first-order chi connectivity index (χ1) is 10.5. The van der Waals surface area contributed by atoms with Crippen molar-refractivity contribution in [1.82, 2.24) is 9.13 Å². The van der Waals surface area contributed by atoms with Crippen molar-refractivity contribution >= 4 is 11.9 Å². The summed E-state index contributed by atoms with van der Waals surface area (Å²) in [5, 5.41) is 0. The van der Waals surface area contributed by atoms with Crippen LogP contribution in [-0.4, -0.2) is 33.3 Å². The predicted molar refractivity (Wildman–Crippen MR) is 78.5 cm³/mol.